The van der Waals surface area contributed by atoms with Crippen LogP contribution in [0, 0.1) is 0 Å². The molecule has 0 heterocycles. The lowest BCUT2D eigenvalue weighted by molar-refractivity contribution is -0.221. The van der Waals surface area contributed by atoms with Gasteiger partial charge in [-0.3, -0.25) is 0 Å². The van der Waals surface area contributed by atoms with Crippen LogP contribution < -0.4 is 0 Å². The van der Waals surface area contributed by atoms with Crippen molar-refractivity contribution in [3.05, 3.63) is 23.5 Å². The molecule has 0 saturated carbocycles. The average Bonchev–Trinajstić information content (AvgIpc) is 2.21. The number of aliphatic hydroxyl groups is 1. The molecule has 0 spiro atoms. The molecule has 0 aromatic heterocycles. The number of rotatable bonds is 3. The zero-order chi connectivity index (χ0) is 10.8. The Morgan fingerprint density at radius 1 is 1.29 bits per heavy atom. The zero-order valence-corrected chi connectivity index (χ0v) is 8.90. The van der Waals surface area contributed by atoms with Gasteiger partial charge in [0, 0.05) is 14.2 Å². The van der Waals surface area contributed by atoms with E-state index in [0.29, 0.717) is 11.3 Å². The van der Waals surface area contributed by atoms with Crippen molar-refractivity contribution in [2.75, 3.05) is 21.3 Å². The Morgan fingerprint density at radius 3 is 2.36 bits per heavy atom. The van der Waals surface area contributed by atoms with Gasteiger partial charge >= 0.3 is 0 Å². The van der Waals surface area contributed by atoms with E-state index in [-0.39, 0.29) is 0 Å². The van der Waals surface area contributed by atoms with Gasteiger partial charge in [-0.05, 0) is 18.6 Å². The number of methoxy groups -OCH3 is 3. The first-order valence-corrected chi connectivity index (χ1v) is 4.33. The van der Waals surface area contributed by atoms with Crippen molar-refractivity contribution in [1.29, 1.82) is 0 Å². The normalized spacial score (nSPS) is 32.2. The highest BCUT2D eigenvalue weighted by Crippen LogP contribution is 2.32. The lowest BCUT2D eigenvalue weighted by atomic mass is 9.94. The molecule has 0 radical (unpaired) electrons. The third-order valence-electron chi connectivity index (χ3n) is 2.46. The molecule has 1 N–H and O–H groups in total. The molecule has 2 atom stereocenters. The summed E-state index contributed by atoms with van der Waals surface area (Å²) in [4.78, 5) is 0. The van der Waals surface area contributed by atoms with Gasteiger partial charge in [-0.15, -0.1) is 0 Å². The fourth-order valence-electron chi connectivity index (χ4n) is 1.53. The van der Waals surface area contributed by atoms with Crippen LogP contribution in [0.1, 0.15) is 6.92 Å². The van der Waals surface area contributed by atoms with Crippen LogP contribution in [0.4, 0.5) is 0 Å². The van der Waals surface area contributed by atoms with Crippen LogP contribution in [0.2, 0.25) is 0 Å². The van der Waals surface area contributed by atoms with Crippen molar-refractivity contribution >= 4 is 0 Å². The predicted molar refractivity (Wildman–Crippen MR) is 51.6 cm³/mol. The predicted octanol–water partition coefficient (Wildman–Crippen LogP) is 0.827. The van der Waals surface area contributed by atoms with E-state index in [2.05, 4.69) is 0 Å². The summed E-state index contributed by atoms with van der Waals surface area (Å²) in [6.07, 6.45) is 2.89. The van der Waals surface area contributed by atoms with Crippen molar-refractivity contribution < 1.29 is 19.3 Å². The Kier molecular flexibility index (Phi) is 3.31. The van der Waals surface area contributed by atoms with E-state index in [1.807, 2.05) is 0 Å². The van der Waals surface area contributed by atoms with Gasteiger partial charge in [0.15, 0.2) is 6.10 Å². The van der Waals surface area contributed by atoms with Crippen LogP contribution in [-0.4, -0.2) is 38.3 Å². The summed E-state index contributed by atoms with van der Waals surface area (Å²) < 4.78 is 15.3. The zero-order valence-electron chi connectivity index (χ0n) is 8.90. The summed E-state index contributed by atoms with van der Waals surface area (Å²) in [5.41, 5.74) is 0.688. The molecule has 4 heteroatoms. The number of allylic oxidation sites excluding steroid dienone is 2. The maximum atomic E-state index is 10.2. The summed E-state index contributed by atoms with van der Waals surface area (Å²) >= 11 is 0. The molecule has 1 aliphatic carbocycles. The van der Waals surface area contributed by atoms with Crippen molar-refractivity contribution in [2.24, 2.45) is 0 Å². The van der Waals surface area contributed by atoms with Gasteiger partial charge in [0.05, 0.1) is 7.11 Å². The molecule has 1 rings (SSSR count). The molecule has 0 aliphatic heterocycles. The fourth-order valence-corrected chi connectivity index (χ4v) is 1.53. The van der Waals surface area contributed by atoms with Gasteiger partial charge in [0.1, 0.15) is 5.76 Å². The van der Waals surface area contributed by atoms with E-state index in [1.54, 1.807) is 19.1 Å². The summed E-state index contributed by atoms with van der Waals surface area (Å²) in [6, 6.07) is 0. The first kappa shape index (κ1) is 11.2. The second-order valence-electron chi connectivity index (χ2n) is 3.14. The second-order valence-corrected chi connectivity index (χ2v) is 3.14. The van der Waals surface area contributed by atoms with Crippen LogP contribution in [0.25, 0.3) is 0 Å². The van der Waals surface area contributed by atoms with Crippen LogP contribution in [0.15, 0.2) is 23.5 Å². The fraction of sp³-hybridized carbons (Fsp3) is 0.600. The van der Waals surface area contributed by atoms with Gasteiger partial charge < -0.3 is 19.3 Å². The third-order valence-corrected chi connectivity index (χ3v) is 2.46. The van der Waals surface area contributed by atoms with Crippen molar-refractivity contribution in [3.63, 3.8) is 0 Å². The molecule has 0 amide bonds. The van der Waals surface area contributed by atoms with Crippen molar-refractivity contribution in [1.82, 2.24) is 0 Å². The minimum absolute atomic E-state index is 0.544. The highest BCUT2D eigenvalue weighted by Gasteiger charge is 2.44. The van der Waals surface area contributed by atoms with Crippen molar-refractivity contribution in [2.45, 2.75) is 18.8 Å². The maximum Gasteiger partial charge on any atom is 0.222 e. The lowest BCUT2D eigenvalue weighted by Crippen LogP contribution is -2.49. The molecule has 1 aliphatic rings. The van der Waals surface area contributed by atoms with Crippen molar-refractivity contribution in [3.8, 4) is 0 Å². The highest BCUT2D eigenvalue weighted by atomic mass is 16.7. The molecule has 0 bridgehead atoms. The number of hydrogen-bond acceptors (Lipinski definition) is 4. The second kappa shape index (κ2) is 4.13. The van der Waals surface area contributed by atoms with E-state index in [1.165, 1.54) is 21.3 Å². The smallest absolute Gasteiger partial charge is 0.222 e. The summed E-state index contributed by atoms with van der Waals surface area (Å²) in [5.74, 6) is -0.892. The molecule has 0 aromatic rings. The van der Waals surface area contributed by atoms with Gasteiger partial charge in [-0.25, -0.2) is 0 Å². The molecular weight excluding hydrogens is 184 g/mol. The molecular formula is C10H16O4. The number of ether oxygens (including phenoxy) is 3. The largest absolute Gasteiger partial charge is 0.498 e. The van der Waals surface area contributed by atoms with E-state index < -0.39 is 11.9 Å². The van der Waals surface area contributed by atoms with E-state index in [0.717, 1.165) is 0 Å². The Morgan fingerprint density at radius 2 is 1.93 bits per heavy atom. The first-order valence-electron chi connectivity index (χ1n) is 4.33. The van der Waals surface area contributed by atoms with Gasteiger partial charge in [0.2, 0.25) is 5.79 Å². The summed E-state index contributed by atoms with van der Waals surface area (Å²) in [7, 11) is 4.46. The van der Waals surface area contributed by atoms with E-state index in [4.69, 9.17) is 14.2 Å². The topological polar surface area (TPSA) is 47.9 Å². The maximum absolute atomic E-state index is 10.2. The minimum Gasteiger partial charge on any atom is -0.498 e. The molecule has 2 unspecified atom stereocenters. The van der Waals surface area contributed by atoms with Crippen LogP contribution in [0.3, 0.4) is 0 Å². The highest BCUT2D eigenvalue weighted by molar-refractivity contribution is 5.31. The van der Waals surface area contributed by atoms with Gasteiger partial charge in [0.25, 0.3) is 0 Å². The SMILES string of the molecule is COC1=CC=C(C)C(O)(OC)C1OC. The first-order chi connectivity index (χ1) is 6.60. The lowest BCUT2D eigenvalue weighted by Gasteiger charge is -2.37. The van der Waals surface area contributed by atoms with Crippen LogP contribution in [0.5, 0.6) is 0 Å². The molecule has 0 saturated heterocycles. The average molecular weight is 200 g/mol. The molecule has 80 valence electrons. The summed E-state index contributed by atoms with van der Waals surface area (Å²) in [5, 5.41) is 10.2. The quantitative estimate of drug-likeness (QED) is 0.685. The van der Waals surface area contributed by atoms with Crippen LogP contribution in [-0.2, 0) is 14.2 Å². The Balaban J connectivity index is 3.08. The minimum atomic E-state index is -1.44. The van der Waals surface area contributed by atoms with Gasteiger partial charge in [-0.2, -0.15) is 0 Å². The standard InChI is InChI=1S/C10H16O4/c1-7-5-6-8(12-2)9(13-3)10(7,11)14-4/h5-6,9,11H,1-4H3. The Labute approximate surface area is 83.8 Å². The van der Waals surface area contributed by atoms with E-state index >= 15 is 0 Å². The number of hydrogen-bond donors (Lipinski definition) is 1. The molecule has 4 nitrogen and oxygen atoms in total. The molecule has 0 aromatic carbocycles. The Bertz CT molecular complexity index is 269. The molecule has 14 heavy (non-hydrogen) atoms. The van der Waals surface area contributed by atoms with E-state index in [9.17, 15) is 5.11 Å². The Hall–Kier alpha value is -0.840. The summed E-state index contributed by atoms with van der Waals surface area (Å²) in [6.45, 7) is 1.78. The third kappa shape index (κ3) is 1.56. The monoisotopic (exact) mass is 200 g/mol. The van der Waals surface area contributed by atoms with Gasteiger partial charge in [-0.1, -0.05) is 6.08 Å². The van der Waals surface area contributed by atoms with Crippen LogP contribution >= 0.6 is 0 Å². The molecule has 0 fully saturated rings.